The first-order valence-corrected chi connectivity index (χ1v) is 11.9. The number of aryl methyl sites for hydroxylation is 1. The van der Waals surface area contributed by atoms with E-state index in [0.717, 1.165) is 5.56 Å². The zero-order valence-corrected chi connectivity index (χ0v) is 19.1. The lowest BCUT2D eigenvalue weighted by molar-refractivity contribution is -0.121. The Kier molecular flexibility index (Phi) is 5.54. The standard InChI is InChI=1S/C23H26N4O4S/c1-14(2)13-31-21-17(11-15(3)12-25-21)23(9-10-23)22(28)27-32(29,30)19-6-4-5-18-16(19)7-8-20(24)26-18/h4-8,11-12,14H,9-10,13H2,1-3H3,(H2,24,26)(H,27,28). The van der Waals surface area contributed by atoms with Crippen LogP contribution in [0.5, 0.6) is 5.88 Å². The van der Waals surface area contributed by atoms with Crippen LogP contribution in [0.1, 0.15) is 37.8 Å². The number of benzene rings is 1. The van der Waals surface area contributed by atoms with Crippen molar-refractivity contribution in [2.45, 2.75) is 43.9 Å². The first-order chi connectivity index (χ1) is 15.1. The minimum Gasteiger partial charge on any atom is -0.477 e. The largest absolute Gasteiger partial charge is 0.477 e. The van der Waals surface area contributed by atoms with Crippen molar-refractivity contribution in [3.63, 3.8) is 0 Å². The van der Waals surface area contributed by atoms with Crippen molar-refractivity contribution in [1.82, 2.24) is 14.7 Å². The molecule has 0 unspecified atom stereocenters. The van der Waals surface area contributed by atoms with Crippen LogP contribution in [0.2, 0.25) is 0 Å². The van der Waals surface area contributed by atoms with Crippen LogP contribution in [0.25, 0.3) is 10.9 Å². The Bertz CT molecular complexity index is 1300. The number of pyridine rings is 2. The molecule has 2 aromatic heterocycles. The molecule has 3 N–H and O–H groups in total. The molecule has 1 fully saturated rings. The van der Waals surface area contributed by atoms with Crippen molar-refractivity contribution in [3.05, 3.63) is 53.7 Å². The van der Waals surface area contributed by atoms with E-state index >= 15 is 0 Å². The summed E-state index contributed by atoms with van der Waals surface area (Å²) in [6, 6.07) is 9.66. The van der Waals surface area contributed by atoms with Crippen LogP contribution in [0.3, 0.4) is 0 Å². The number of sulfonamides is 1. The normalized spacial score (nSPS) is 15.0. The van der Waals surface area contributed by atoms with E-state index in [1.165, 1.54) is 12.1 Å². The second kappa shape index (κ2) is 8.05. The number of fused-ring (bicyclic) bond motifs is 1. The first kappa shape index (κ1) is 22.0. The third-order valence-electron chi connectivity index (χ3n) is 5.47. The van der Waals surface area contributed by atoms with E-state index in [9.17, 15) is 13.2 Å². The van der Waals surface area contributed by atoms with Crippen molar-refractivity contribution in [3.8, 4) is 5.88 Å². The number of nitrogens with two attached hydrogens (primary N) is 1. The molecule has 0 bridgehead atoms. The number of rotatable bonds is 7. The average Bonchev–Trinajstić information content (AvgIpc) is 3.54. The third kappa shape index (κ3) is 4.12. The molecule has 1 aliphatic carbocycles. The summed E-state index contributed by atoms with van der Waals surface area (Å²) in [7, 11) is -4.14. The van der Waals surface area contributed by atoms with Crippen LogP contribution in [0.4, 0.5) is 5.82 Å². The molecule has 2 heterocycles. The summed E-state index contributed by atoms with van der Waals surface area (Å²) in [5.41, 5.74) is 6.67. The van der Waals surface area contributed by atoms with Crippen LogP contribution in [0.15, 0.2) is 47.5 Å². The lowest BCUT2D eigenvalue weighted by Crippen LogP contribution is -2.39. The van der Waals surface area contributed by atoms with Gasteiger partial charge in [0, 0.05) is 17.1 Å². The number of nitrogens with one attached hydrogen (secondary N) is 1. The first-order valence-electron chi connectivity index (χ1n) is 10.4. The molecule has 9 heteroatoms. The van der Waals surface area contributed by atoms with Gasteiger partial charge in [-0.05, 0) is 61.6 Å². The number of nitrogen functional groups attached to an aromatic ring is 1. The van der Waals surface area contributed by atoms with E-state index in [1.807, 2.05) is 26.8 Å². The zero-order valence-electron chi connectivity index (χ0n) is 18.3. The summed E-state index contributed by atoms with van der Waals surface area (Å²) in [6.07, 6.45) is 2.72. The number of amides is 1. The molecule has 168 valence electrons. The van der Waals surface area contributed by atoms with Gasteiger partial charge in [0.25, 0.3) is 10.0 Å². The van der Waals surface area contributed by atoms with Gasteiger partial charge in [-0.2, -0.15) is 0 Å². The van der Waals surface area contributed by atoms with Crippen LogP contribution in [0, 0.1) is 12.8 Å². The number of anilines is 1. The van der Waals surface area contributed by atoms with Gasteiger partial charge in [0.15, 0.2) is 0 Å². The Balaban J connectivity index is 1.67. The van der Waals surface area contributed by atoms with Crippen LogP contribution in [-0.4, -0.2) is 30.9 Å². The van der Waals surface area contributed by atoms with Gasteiger partial charge < -0.3 is 10.5 Å². The zero-order chi connectivity index (χ0) is 23.1. The lowest BCUT2D eigenvalue weighted by atomic mass is 9.95. The highest BCUT2D eigenvalue weighted by molar-refractivity contribution is 7.90. The summed E-state index contributed by atoms with van der Waals surface area (Å²) in [4.78, 5) is 21.8. The Morgan fingerprint density at radius 2 is 2.00 bits per heavy atom. The van der Waals surface area contributed by atoms with Crippen LogP contribution >= 0.6 is 0 Å². The number of hydrogen-bond donors (Lipinski definition) is 2. The Labute approximate surface area is 187 Å². The van der Waals surface area contributed by atoms with Crippen molar-refractivity contribution in [1.29, 1.82) is 0 Å². The summed E-state index contributed by atoms with van der Waals surface area (Å²) in [5.74, 6) is 0.358. The molecule has 0 aliphatic heterocycles. The minimum absolute atomic E-state index is 0.0229. The second-order valence-corrected chi connectivity index (χ2v) is 10.3. The Morgan fingerprint density at radius 3 is 2.69 bits per heavy atom. The number of ether oxygens (including phenoxy) is 1. The molecule has 0 saturated heterocycles. The maximum atomic E-state index is 13.3. The molecule has 0 spiro atoms. The fourth-order valence-electron chi connectivity index (χ4n) is 3.66. The van der Waals surface area contributed by atoms with E-state index in [-0.39, 0.29) is 16.6 Å². The molecule has 0 radical (unpaired) electrons. The fourth-order valence-corrected chi connectivity index (χ4v) is 4.92. The number of carbonyl (C=O) groups is 1. The predicted molar refractivity (Wildman–Crippen MR) is 122 cm³/mol. The molecule has 3 aromatic rings. The Hall–Kier alpha value is -3.20. The van der Waals surface area contributed by atoms with Gasteiger partial charge in [-0.25, -0.2) is 23.1 Å². The molecule has 1 saturated carbocycles. The van der Waals surface area contributed by atoms with E-state index in [4.69, 9.17) is 10.5 Å². The number of aromatic nitrogens is 2. The van der Waals surface area contributed by atoms with E-state index < -0.39 is 21.3 Å². The Morgan fingerprint density at radius 1 is 1.25 bits per heavy atom. The molecule has 1 aliphatic rings. The fraction of sp³-hybridized carbons (Fsp3) is 0.348. The summed E-state index contributed by atoms with van der Waals surface area (Å²) in [5, 5.41) is 0.394. The molecular formula is C23H26N4O4S. The second-order valence-electron chi connectivity index (χ2n) is 8.65. The molecular weight excluding hydrogens is 428 g/mol. The average molecular weight is 455 g/mol. The highest BCUT2D eigenvalue weighted by Gasteiger charge is 2.54. The van der Waals surface area contributed by atoms with Crippen LogP contribution in [-0.2, 0) is 20.2 Å². The van der Waals surface area contributed by atoms with Crippen molar-refractivity contribution >= 4 is 32.7 Å². The number of hydrogen-bond acceptors (Lipinski definition) is 7. The van der Waals surface area contributed by atoms with E-state index in [1.54, 1.807) is 24.4 Å². The molecule has 4 rings (SSSR count). The van der Waals surface area contributed by atoms with Gasteiger partial charge in [0.1, 0.15) is 5.82 Å². The van der Waals surface area contributed by atoms with Gasteiger partial charge in [0.2, 0.25) is 11.8 Å². The number of carbonyl (C=O) groups excluding carboxylic acids is 1. The van der Waals surface area contributed by atoms with Gasteiger partial charge in [0.05, 0.1) is 22.4 Å². The topological polar surface area (TPSA) is 124 Å². The van der Waals surface area contributed by atoms with Crippen molar-refractivity contribution in [2.75, 3.05) is 12.3 Å². The maximum absolute atomic E-state index is 13.3. The molecule has 0 atom stereocenters. The van der Waals surface area contributed by atoms with Crippen molar-refractivity contribution in [2.24, 2.45) is 5.92 Å². The van der Waals surface area contributed by atoms with Gasteiger partial charge in [-0.1, -0.05) is 19.9 Å². The SMILES string of the molecule is Cc1cnc(OCC(C)C)c(C2(C(=O)NS(=O)(=O)c3cccc4nc(N)ccc34)CC2)c1. The quantitative estimate of drug-likeness (QED) is 0.562. The number of nitrogens with zero attached hydrogens (tertiary/aromatic N) is 2. The molecule has 8 nitrogen and oxygen atoms in total. The molecule has 1 aromatic carbocycles. The lowest BCUT2D eigenvalue weighted by Gasteiger charge is -2.20. The summed E-state index contributed by atoms with van der Waals surface area (Å²) in [6.45, 7) is 6.37. The highest BCUT2D eigenvalue weighted by Crippen LogP contribution is 2.51. The van der Waals surface area contributed by atoms with E-state index in [2.05, 4.69) is 14.7 Å². The summed E-state index contributed by atoms with van der Waals surface area (Å²) < 4.78 is 34.5. The monoisotopic (exact) mass is 454 g/mol. The molecule has 1 amide bonds. The minimum atomic E-state index is -4.14. The molecule has 32 heavy (non-hydrogen) atoms. The third-order valence-corrected chi connectivity index (χ3v) is 6.86. The summed E-state index contributed by atoms with van der Waals surface area (Å²) >= 11 is 0. The van der Waals surface area contributed by atoms with E-state index in [0.29, 0.717) is 41.8 Å². The van der Waals surface area contributed by atoms with Gasteiger partial charge in [-0.3, -0.25) is 4.79 Å². The predicted octanol–water partition coefficient (Wildman–Crippen LogP) is 3.09. The van der Waals surface area contributed by atoms with Gasteiger partial charge >= 0.3 is 0 Å². The van der Waals surface area contributed by atoms with Crippen LogP contribution < -0.4 is 15.2 Å². The maximum Gasteiger partial charge on any atom is 0.264 e. The highest BCUT2D eigenvalue weighted by atomic mass is 32.2. The smallest absolute Gasteiger partial charge is 0.264 e. The van der Waals surface area contributed by atoms with Crippen molar-refractivity contribution < 1.29 is 17.9 Å². The van der Waals surface area contributed by atoms with Gasteiger partial charge in [-0.15, -0.1) is 0 Å².